The molecule has 0 bridgehead atoms. The predicted molar refractivity (Wildman–Crippen MR) is 127 cm³/mol. The third-order valence-electron chi connectivity index (χ3n) is 5.99. The highest BCUT2D eigenvalue weighted by Gasteiger charge is 2.21. The lowest BCUT2D eigenvalue weighted by Crippen LogP contribution is -2.38. The molecule has 2 heterocycles. The maximum absolute atomic E-state index is 14.8. The molecular weight excluding hydrogens is 421 g/mol. The Morgan fingerprint density at radius 1 is 1.12 bits per heavy atom. The number of halogens is 1. The molecule has 0 atom stereocenters. The maximum Gasteiger partial charge on any atom is 0.253 e. The summed E-state index contributed by atoms with van der Waals surface area (Å²) < 4.78 is 27.3. The zero-order valence-corrected chi connectivity index (χ0v) is 19.1. The highest BCUT2D eigenvalue weighted by atomic mass is 19.1. The van der Waals surface area contributed by atoms with Gasteiger partial charge in [-0.15, -0.1) is 0 Å². The first-order valence-electron chi connectivity index (χ1n) is 11.3. The van der Waals surface area contributed by atoms with E-state index in [0.717, 1.165) is 50.5 Å². The van der Waals surface area contributed by atoms with Gasteiger partial charge in [-0.25, -0.2) is 4.39 Å². The molecule has 1 amide bonds. The van der Waals surface area contributed by atoms with Crippen LogP contribution >= 0.6 is 0 Å². The molecule has 1 saturated heterocycles. The van der Waals surface area contributed by atoms with E-state index >= 15 is 0 Å². The molecular formula is C26H30FN3O3. The van der Waals surface area contributed by atoms with E-state index in [1.807, 2.05) is 37.3 Å². The van der Waals surface area contributed by atoms with Crippen LogP contribution in [0.2, 0.25) is 0 Å². The summed E-state index contributed by atoms with van der Waals surface area (Å²) in [5.41, 5.74) is 3.19. The normalized spacial score (nSPS) is 14.3. The van der Waals surface area contributed by atoms with Crippen LogP contribution in [-0.2, 0) is 4.74 Å². The fourth-order valence-corrected chi connectivity index (χ4v) is 4.20. The number of carbonyl (C=O) groups is 1. The first kappa shape index (κ1) is 23.0. The smallest absolute Gasteiger partial charge is 0.253 e. The standard InChI is InChI=1S/C26H30FN3O3/c1-19-22(26(31)28-11-6-12-29-13-15-33-16-14-29)18-25(20-7-5-8-21(17-20)32-2)30(19)24-10-4-3-9-23(24)27/h3-5,7-10,17-18H,6,11-16H2,1-2H3,(H,28,31). The van der Waals surface area contributed by atoms with E-state index in [1.54, 1.807) is 29.9 Å². The van der Waals surface area contributed by atoms with Crippen LogP contribution in [-0.4, -0.2) is 61.9 Å². The third-order valence-corrected chi connectivity index (χ3v) is 5.99. The van der Waals surface area contributed by atoms with E-state index in [4.69, 9.17) is 9.47 Å². The Labute approximate surface area is 193 Å². The number of methoxy groups -OCH3 is 1. The summed E-state index contributed by atoms with van der Waals surface area (Å²) in [6, 6.07) is 16.0. The Morgan fingerprint density at radius 2 is 1.91 bits per heavy atom. The molecule has 1 N–H and O–H groups in total. The zero-order chi connectivity index (χ0) is 23.2. The Hall–Kier alpha value is -3.16. The lowest BCUT2D eigenvalue weighted by Gasteiger charge is -2.26. The number of benzene rings is 2. The molecule has 4 rings (SSSR count). The van der Waals surface area contributed by atoms with Gasteiger partial charge in [0.25, 0.3) is 5.91 Å². The Kier molecular flexibility index (Phi) is 7.42. The summed E-state index contributed by atoms with van der Waals surface area (Å²) in [4.78, 5) is 15.4. The van der Waals surface area contributed by atoms with Crippen molar-refractivity contribution in [2.75, 3.05) is 46.5 Å². The molecule has 3 aromatic rings. The summed E-state index contributed by atoms with van der Waals surface area (Å²) >= 11 is 0. The molecule has 0 spiro atoms. The highest BCUT2D eigenvalue weighted by Crippen LogP contribution is 2.32. The quantitative estimate of drug-likeness (QED) is 0.525. The highest BCUT2D eigenvalue weighted by molar-refractivity contribution is 5.97. The van der Waals surface area contributed by atoms with Crippen molar-refractivity contribution in [1.82, 2.24) is 14.8 Å². The molecule has 1 aliphatic rings. The maximum atomic E-state index is 14.8. The van der Waals surface area contributed by atoms with Crippen LogP contribution in [0.3, 0.4) is 0 Å². The molecule has 7 heteroatoms. The molecule has 0 unspecified atom stereocenters. The fourth-order valence-electron chi connectivity index (χ4n) is 4.20. The van der Waals surface area contributed by atoms with Gasteiger partial charge in [0, 0.05) is 30.9 Å². The van der Waals surface area contributed by atoms with Gasteiger partial charge in [0.15, 0.2) is 0 Å². The van der Waals surface area contributed by atoms with Crippen LogP contribution in [0.4, 0.5) is 4.39 Å². The van der Waals surface area contributed by atoms with Crippen molar-refractivity contribution in [2.45, 2.75) is 13.3 Å². The van der Waals surface area contributed by atoms with E-state index in [9.17, 15) is 9.18 Å². The SMILES string of the molecule is COc1cccc(-c2cc(C(=O)NCCCN3CCOCC3)c(C)n2-c2ccccc2F)c1. The van der Waals surface area contributed by atoms with Crippen LogP contribution in [0.1, 0.15) is 22.5 Å². The second-order valence-electron chi connectivity index (χ2n) is 8.11. The number of hydrogen-bond acceptors (Lipinski definition) is 4. The second kappa shape index (κ2) is 10.6. The Morgan fingerprint density at radius 3 is 2.67 bits per heavy atom. The van der Waals surface area contributed by atoms with Crippen LogP contribution in [0.25, 0.3) is 16.9 Å². The zero-order valence-electron chi connectivity index (χ0n) is 19.1. The molecule has 6 nitrogen and oxygen atoms in total. The minimum Gasteiger partial charge on any atom is -0.497 e. The van der Waals surface area contributed by atoms with Crippen LogP contribution < -0.4 is 10.1 Å². The van der Waals surface area contributed by atoms with Gasteiger partial charge < -0.3 is 19.4 Å². The van der Waals surface area contributed by atoms with Crippen LogP contribution in [0.5, 0.6) is 5.75 Å². The van der Waals surface area contributed by atoms with Crippen molar-refractivity contribution >= 4 is 5.91 Å². The average molecular weight is 452 g/mol. The van der Waals surface area contributed by atoms with E-state index in [1.165, 1.54) is 6.07 Å². The largest absolute Gasteiger partial charge is 0.497 e. The monoisotopic (exact) mass is 451 g/mol. The van der Waals surface area contributed by atoms with Crippen LogP contribution in [0, 0.1) is 12.7 Å². The lowest BCUT2D eigenvalue weighted by atomic mass is 10.1. The third kappa shape index (κ3) is 5.26. The van der Waals surface area contributed by atoms with Crippen molar-refractivity contribution in [2.24, 2.45) is 0 Å². The molecule has 0 aliphatic carbocycles. The number of hydrogen-bond donors (Lipinski definition) is 1. The average Bonchev–Trinajstić information content (AvgIpc) is 3.19. The molecule has 1 aromatic heterocycles. The first-order chi connectivity index (χ1) is 16.1. The summed E-state index contributed by atoms with van der Waals surface area (Å²) in [6.45, 7) is 6.75. The first-order valence-corrected chi connectivity index (χ1v) is 11.3. The van der Waals surface area contributed by atoms with Gasteiger partial charge in [0.2, 0.25) is 0 Å². The van der Waals surface area contributed by atoms with Gasteiger partial charge in [-0.05, 0) is 50.2 Å². The Balaban J connectivity index is 1.59. The number of morpholine rings is 1. The fraction of sp³-hybridized carbons (Fsp3) is 0.346. The minimum absolute atomic E-state index is 0.159. The number of para-hydroxylation sites is 1. The van der Waals surface area contributed by atoms with Crippen molar-refractivity contribution in [3.63, 3.8) is 0 Å². The number of rotatable bonds is 8. The van der Waals surface area contributed by atoms with E-state index in [2.05, 4.69) is 10.2 Å². The van der Waals surface area contributed by atoms with Crippen LogP contribution in [0.15, 0.2) is 54.6 Å². The molecule has 0 radical (unpaired) electrons. The number of carbonyl (C=O) groups excluding carboxylic acids is 1. The topological polar surface area (TPSA) is 55.7 Å². The van der Waals surface area contributed by atoms with Gasteiger partial charge in [0.05, 0.1) is 37.3 Å². The molecule has 1 fully saturated rings. The van der Waals surface area contributed by atoms with Gasteiger partial charge in [0.1, 0.15) is 11.6 Å². The van der Waals surface area contributed by atoms with E-state index < -0.39 is 0 Å². The van der Waals surface area contributed by atoms with Crippen molar-refractivity contribution in [1.29, 1.82) is 0 Å². The molecule has 174 valence electrons. The summed E-state index contributed by atoms with van der Waals surface area (Å²) in [6.07, 6.45) is 0.863. The molecule has 33 heavy (non-hydrogen) atoms. The Bertz CT molecular complexity index is 1110. The van der Waals surface area contributed by atoms with Gasteiger partial charge in [-0.3, -0.25) is 9.69 Å². The number of amides is 1. The van der Waals surface area contributed by atoms with E-state index in [-0.39, 0.29) is 11.7 Å². The van der Waals surface area contributed by atoms with Gasteiger partial charge in [-0.2, -0.15) is 0 Å². The number of nitrogens with one attached hydrogen (secondary N) is 1. The molecule has 1 aliphatic heterocycles. The lowest BCUT2D eigenvalue weighted by molar-refractivity contribution is 0.0374. The summed E-state index contributed by atoms with van der Waals surface area (Å²) in [5, 5.41) is 3.03. The number of aromatic nitrogens is 1. The predicted octanol–water partition coefficient (Wildman–Crippen LogP) is 4.05. The van der Waals surface area contributed by atoms with Gasteiger partial charge in [-0.1, -0.05) is 24.3 Å². The van der Waals surface area contributed by atoms with Crippen molar-refractivity contribution in [3.05, 3.63) is 71.7 Å². The molecule has 0 saturated carbocycles. The minimum atomic E-state index is -0.349. The van der Waals surface area contributed by atoms with Crippen molar-refractivity contribution < 1.29 is 18.7 Å². The summed E-state index contributed by atoms with van der Waals surface area (Å²) in [7, 11) is 1.61. The molecule has 2 aromatic carbocycles. The van der Waals surface area contributed by atoms with Gasteiger partial charge >= 0.3 is 0 Å². The van der Waals surface area contributed by atoms with E-state index in [0.29, 0.717) is 29.2 Å². The number of nitrogens with zero attached hydrogens (tertiary/aromatic N) is 2. The summed E-state index contributed by atoms with van der Waals surface area (Å²) in [5.74, 6) is 0.187. The number of ether oxygens (including phenoxy) is 2. The second-order valence-corrected chi connectivity index (χ2v) is 8.11. The van der Waals surface area contributed by atoms with Crippen molar-refractivity contribution in [3.8, 4) is 22.7 Å².